The molecule has 0 saturated heterocycles. The zero-order valence-corrected chi connectivity index (χ0v) is 17.3. The topological polar surface area (TPSA) is 57.2 Å². The van der Waals surface area contributed by atoms with Crippen LogP contribution >= 0.6 is 0 Å². The minimum absolute atomic E-state index is 0.0187. The lowest BCUT2D eigenvalue weighted by Gasteiger charge is -2.12. The second-order valence-corrected chi connectivity index (χ2v) is 7.52. The monoisotopic (exact) mass is 437 g/mol. The summed E-state index contributed by atoms with van der Waals surface area (Å²) in [5.74, 6) is -0.143. The van der Waals surface area contributed by atoms with Gasteiger partial charge in [0.05, 0.1) is 28.0 Å². The summed E-state index contributed by atoms with van der Waals surface area (Å²) in [6, 6.07) is 13.8. The quantitative estimate of drug-likeness (QED) is 0.384. The van der Waals surface area contributed by atoms with Crippen molar-refractivity contribution in [2.24, 2.45) is 0 Å². The Morgan fingerprint density at radius 3 is 2.50 bits per heavy atom. The van der Waals surface area contributed by atoms with Crippen LogP contribution in [0.15, 0.2) is 60.9 Å². The summed E-state index contributed by atoms with van der Waals surface area (Å²) < 4.78 is 50.6. The lowest BCUT2D eigenvalue weighted by atomic mass is 10.1. The second-order valence-electron chi connectivity index (χ2n) is 7.52. The molecule has 6 nitrogen and oxygen atoms in total. The van der Waals surface area contributed by atoms with Gasteiger partial charge in [-0.1, -0.05) is 23.8 Å². The minimum atomic E-state index is -4.59. The Morgan fingerprint density at radius 1 is 1.00 bits per heavy atom. The van der Waals surface area contributed by atoms with Gasteiger partial charge in [-0.25, -0.2) is 9.67 Å². The SMILES string of the molecule is Cc1ccc(-n2nc(C)c3c(C(F)(F)F)cc(OCc4cn5ccccc5n4)nc32)cc1. The van der Waals surface area contributed by atoms with E-state index in [0.717, 1.165) is 17.3 Å². The lowest BCUT2D eigenvalue weighted by molar-refractivity contribution is -0.136. The largest absolute Gasteiger partial charge is 0.471 e. The summed E-state index contributed by atoms with van der Waals surface area (Å²) in [7, 11) is 0. The molecule has 4 heterocycles. The van der Waals surface area contributed by atoms with Crippen LogP contribution in [0.4, 0.5) is 13.2 Å². The first kappa shape index (κ1) is 20.0. The predicted molar refractivity (Wildman–Crippen MR) is 113 cm³/mol. The molecule has 0 aliphatic rings. The van der Waals surface area contributed by atoms with Crippen LogP contribution in [0.1, 0.15) is 22.5 Å². The zero-order valence-electron chi connectivity index (χ0n) is 17.3. The van der Waals surface area contributed by atoms with Crippen molar-refractivity contribution in [2.45, 2.75) is 26.6 Å². The number of pyridine rings is 2. The van der Waals surface area contributed by atoms with E-state index in [1.807, 2.05) is 47.9 Å². The summed E-state index contributed by atoms with van der Waals surface area (Å²) in [5, 5.41) is 4.29. The van der Waals surface area contributed by atoms with Crippen LogP contribution in [0, 0.1) is 13.8 Å². The number of nitrogens with zero attached hydrogens (tertiary/aromatic N) is 5. The van der Waals surface area contributed by atoms with Gasteiger partial charge in [-0.15, -0.1) is 0 Å². The van der Waals surface area contributed by atoms with E-state index in [1.54, 1.807) is 25.3 Å². The van der Waals surface area contributed by atoms with Crippen LogP contribution in [0.2, 0.25) is 0 Å². The Labute approximate surface area is 180 Å². The maximum atomic E-state index is 13.9. The normalized spacial score (nSPS) is 12.0. The van der Waals surface area contributed by atoms with Gasteiger partial charge >= 0.3 is 6.18 Å². The third-order valence-corrected chi connectivity index (χ3v) is 5.16. The van der Waals surface area contributed by atoms with Gasteiger partial charge in [-0.3, -0.25) is 0 Å². The first-order chi connectivity index (χ1) is 15.3. The van der Waals surface area contributed by atoms with Crippen molar-refractivity contribution in [1.29, 1.82) is 0 Å². The highest BCUT2D eigenvalue weighted by atomic mass is 19.4. The van der Waals surface area contributed by atoms with Crippen molar-refractivity contribution in [2.75, 3.05) is 0 Å². The first-order valence-electron chi connectivity index (χ1n) is 9.89. The molecule has 0 radical (unpaired) electrons. The number of hydrogen-bond acceptors (Lipinski definition) is 4. The molecule has 9 heteroatoms. The van der Waals surface area contributed by atoms with Gasteiger partial charge in [0.1, 0.15) is 12.3 Å². The molecule has 0 unspecified atom stereocenters. The van der Waals surface area contributed by atoms with Gasteiger partial charge < -0.3 is 9.14 Å². The molecular formula is C23H18F3N5O. The van der Waals surface area contributed by atoms with E-state index in [4.69, 9.17) is 4.74 Å². The average molecular weight is 437 g/mol. The van der Waals surface area contributed by atoms with E-state index in [0.29, 0.717) is 11.4 Å². The average Bonchev–Trinajstić information content (AvgIpc) is 3.32. The Balaban J connectivity index is 1.59. The summed E-state index contributed by atoms with van der Waals surface area (Å²) in [5.41, 5.74) is 2.45. The number of aromatic nitrogens is 5. The molecule has 0 spiro atoms. The molecule has 0 aliphatic carbocycles. The molecule has 0 saturated carbocycles. The highest BCUT2D eigenvalue weighted by Gasteiger charge is 2.36. The van der Waals surface area contributed by atoms with Crippen LogP contribution in [0.5, 0.6) is 5.88 Å². The van der Waals surface area contributed by atoms with Gasteiger partial charge in [-0.2, -0.15) is 23.3 Å². The first-order valence-corrected chi connectivity index (χ1v) is 9.89. The Hall–Kier alpha value is -3.88. The van der Waals surface area contributed by atoms with Crippen LogP contribution in [0.25, 0.3) is 22.4 Å². The van der Waals surface area contributed by atoms with E-state index < -0.39 is 11.7 Å². The maximum Gasteiger partial charge on any atom is 0.417 e. The molecule has 32 heavy (non-hydrogen) atoms. The highest BCUT2D eigenvalue weighted by molar-refractivity contribution is 5.84. The fraction of sp³-hybridized carbons (Fsp3) is 0.174. The van der Waals surface area contributed by atoms with E-state index in [2.05, 4.69) is 15.1 Å². The van der Waals surface area contributed by atoms with Gasteiger partial charge in [0, 0.05) is 18.5 Å². The smallest absolute Gasteiger partial charge is 0.417 e. The highest BCUT2D eigenvalue weighted by Crippen LogP contribution is 2.38. The number of hydrogen-bond donors (Lipinski definition) is 0. The fourth-order valence-electron chi connectivity index (χ4n) is 3.63. The van der Waals surface area contributed by atoms with Crippen LogP contribution in [-0.4, -0.2) is 24.1 Å². The van der Waals surface area contributed by atoms with Gasteiger partial charge in [-0.05, 0) is 38.1 Å². The molecule has 0 bridgehead atoms. The lowest BCUT2D eigenvalue weighted by Crippen LogP contribution is -2.09. The third-order valence-electron chi connectivity index (χ3n) is 5.16. The van der Waals surface area contributed by atoms with Crippen molar-refractivity contribution in [3.8, 4) is 11.6 Å². The van der Waals surface area contributed by atoms with Crippen molar-refractivity contribution < 1.29 is 17.9 Å². The number of benzene rings is 1. The number of fused-ring (bicyclic) bond motifs is 2. The number of halogens is 3. The van der Waals surface area contributed by atoms with E-state index >= 15 is 0 Å². The number of alkyl halides is 3. The molecule has 0 amide bonds. The molecule has 0 aliphatic heterocycles. The Kier molecular flexibility index (Phi) is 4.61. The third kappa shape index (κ3) is 3.55. The summed E-state index contributed by atoms with van der Waals surface area (Å²) in [6.45, 7) is 3.46. The molecule has 5 aromatic rings. The Bertz CT molecular complexity index is 1400. The van der Waals surface area contributed by atoms with Gasteiger partial charge in [0.15, 0.2) is 5.65 Å². The van der Waals surface area contributed by atoms with E-state index in [9.17, 15) is 13.2 Å². The molecule has 0 atom stereocenters. The number of rotatable bonds is 4. The molecule has 0 N–H and O–H groups in total. The maximum absolute atomic E-state index is 13.9. The van der Waals surface area contributed by atoms with Crippen LogP contribution < -0.4 is 4.74 Å². The molecular weight excluding hydrogens is 419 g/mol. The Morgan fingerprint density at radius 2 is 1.78 bits per heavy atom. The predicted octanol–water partition coefficient (Wildman–Crippen LogP) is 5.28. The zero-order chi connectivity index (χ0) is 22.5. The van der Waals surface area contributed by atoms with Crippen LogP contribution in [-0.2, 0) is 12.8 Å². The van der Waals surface area contributed by atoms with Gasteiger partial charge in [0.25, 0.3) is 0 Å². The number of ether oxygens (including phenoxy) is 1. The minimum Gasteiger partial charge on any atom is -0.471 e. The van der Waals surface area contributed by atoms with Crippen molar-refractivity contribution in [3.63, 3.8) is 0 Å². The summed E-state index contributed by atoms with van der Waals surface area (Å²) in [4.78, 5) is 8.79. The fourth-order valence-corrected chi connectivity index (χ4v) is 3.63. The molecule has 1 aromatic carbocycles. The number of imidazole rings is 1. The van der Waals surface area contributed by atoms with Crippen molar-refractivity contribution >= 4 is 16.7 Å². The van der Waals surface area contributed by atoms with E-state index in [-0.39, 0.29) is 29.2 Å². The van der Waals surface area contributed by atoms with Crippen molar-refractivity contribution in [3.05, 3.63) is 83.4 Å². The number of aryl methyl sites for hydroxylation is 2. The van der Waals surface area contributed by atoms with Crippen molar-refractivity contribution in [1.82, 2.24) is 24.1 Å². The second kappa shape index (κ2) is 7.37. The molecule has 4 aromatic heterocycles. The van der Waals surface area contributed by atoms with Crippen LogP contribution in [0.3, 0.4) is 0 Å². The standard InChI is InChI=1S/C23H18F3N5O/c1-14-6-8-17(9-7-14)31-22-21(15(2)29-31)18(23(24,25)26)11-20(28-22)32-13-16-12-30-10-4-3-5-19(30)27-16/h3-12H,13H2,1-2H3. The summed E-state index contributed by atoms with van der Waals surface area (Å²) >= 11 is 0. The summed E-state index contributed by atoms with van der Waals surface area (Å²) in [6.07, 6.45) is -0.992. The molecule has 5 rings (SSSR count). The molecule has 0 fully saturated rings. The van der Waals surface area contributed by atoms with E-state index in [1.165, 1.54) is 4.68 Å². The molecule has 162 valence electrons. The van der Waals surface area contributed by atoms with Gasteiger partial charge in [0.2, 0.25) is 5.88 Å².